The smallest absolute Gasteiger partial charge is 0.245 e. The van der Waals surface area contributed by atoms with Gasteiger partial charge >= 0.3 is 0 Å². The van der Waals surface area contributed by atoms with Crippen LogP contribution < -0.4 is 5.32 Å². The van der Waals surface area contributed by atoms with Gasteiger partial charge in [-0.15, -0.1) is 0 Å². The molecule has 3 rings (SSSR count). The molecule has 1 N–H and O–H groups in total. The molecule has 0 aromatic carbocycles. The van der Waals surface area contributed by atoms with Gasteiger partial charge in [-0.2, -0.15) is 0 Å². The first-order valence-electron chi connectivity index (χ1n) is 8.52. The zero-order chi connectivity index (χ0) is 17.8. The monoisotopic (exact) mass is 337 g/mol. The summed E-state index contributed by atoms with van der Waals surface area (Å²) in [5.41, 5.74) is 3.71. The fourth-order valence-electron chi connectivity index (χ4n) is 3.18. The summed E-state index contributed by atoms with van der Waals surface area (Å²) in [5.74, 6) is 0.839. The van der Waals surface area contributed by atoms with Gasteiger partial charge in [-0.3, -0.25) is 9.78 Å². The topological polar surface area (TPSA) is 71.0 Å². The van der Waals surface area contributed by atoms with Crippen molar-refractivity contribution in [3.05, 3.63) is 54.1 Å². The molecule has 130 valence electrons. The molecular weight excluding hydrogens is 314 g/mol. The minimum absolute atomic E-state index is 0.00467. The van der Waals surface area contributed by atoms with Gasteiger partial charge in [0.15, 0.2) is 0 Å². The number of aryl methyl sites for hydroxylation is 2. The predicted molar refractivity (Wildman–Crippen MR) is 97.8 cm³/mol. The van der Waals surface area contributed by atoms with E-state index in [-0.39, 0.29) is 11.8 Å². The highest BCUT2D eigenvalue weighted by atomic mass is 16.2. The van der Waals surface area contributed by atoms with Gasteiger partial charge in [-0.25, -0.2) is 9.97 Å². The summed E-state index contributed by atoms with van der Waals surface area (Å²) in [6.45, 7) is 8.96. The maximum Gasteiger partial charge on any atom is 0.245 e. The molecule has 25 heavy (non-hydrogen) atoms. The fourth-order valence-corrected chi connectivity index (χ4v) is 3.18. The van der Waals surface area contributed by atoms with Crippen LogP contribution in [0.3, 0.4) is 0 Å². The summed E-state index contributed by atoms with van der Waals surface area (Å²) in [5, 5.41) is 3.19. The van der Waals surface area contributed by atoms with E-state index in [0.717, 1.165) is 42.2 Å². The Bertz CT molecular complexity index is 752. The lowest BCUT2D eigenvalue weighted by Gasteiger charge is -2.31. The first-order chi connectivity index (χ1) is 12.0. The van der Waals surface area contributed by atoms with Crippen molar-refractivity contribution in [2.45, 2.75) is 32.6 Å². The standard InChI is InChI=1S/C19H23N5O/c1-4-18(25)24-9-5-6-15(12-24)17-8-7-16(11-20-17)23-19-21-13(2)10-14(3)22-19/h4,7-8,10-11,15H,1,5-6,9,12H2,2-3H3,(H,21,22,23)/t15-/m0/s1. The molecule has 1 saturated heterocycles. The molecule has 0 saturated carbocycles. The van der Waals surface area contributed by atoms with Crippen molar-refractivity contribution in [2.75, 3.05) is 18.4 Å². The van der Waals surface area contributed by atoms with E-state index in [1.54, 1.807) is 6.20 Å². The number of likely N-dealkylation sites (tertiary alicyclic amines) is 1. The largest absolute Gasteiger partial charge is 0.339 e. The van der Waals surface area contributed by atoms with Crippen LogP contribution in [0.4, 0.5) is 11.6 Å². The second kappa shape index (κ2) is 7.42. The van der Waals surface area contributed by atoms with Crippen LogP contribution in [0.1, 0.15) is 35.8 Å². The number of nitrogens with one attached hydrogen (secondary N) is 1. The van der Waals surface area contributed by atoms with Gasteiger partial charge in [0, 0.05) is 36.1 Å². The molecule has 6 nitrogen and oxygen atoms in total. The predicted octanol–water partition coefficient (Wildman–Crippen LogP) is 3.12. The van der Waals surface area contributed by atoms with Crippen molar-refractivity contribution in [1.29, 1.82) is 0 Å². The summed E-state index contributed by atoms with van der Waals surface area (Å²) >= 11 is 0. The minimum Gasteiger partial charge on any atom is -0.339 e. The van der Waals surface area contributed by atoms with E-state index >= 15 is 0 Å². The second-order valence-electron chi connectivity index (χ2n) is 6.40. The molecule has 1 aliphatic rings. The lowest BCUT2D eigenvalue weighted by molar-refractivity contribution is -0.127. The lowest BCUT2D eigenvalue weighted by atomic mass is 9.94. The third-order valence-electron chi connectivity index (χ3n) is 4.35. The summed E-state index contributed by atoms with van der Waals surface area (Å²) in [4.78, 5) is 27.0. The fraction of sp³-hybridized carbons (Fsp3) is 0.368. The average molecular weight is 337 g/mol. The Morgan fingerprint density at radius 2 is 2.08 bits per heavy atom. The molecule has 2 aromatic rings. The maximum atomic E-state index is 11.8. The lowest BCUT2D eigenvalue weighted by Crippen LogP contribution is -2.38. The highest BCUT2D eigenvalue weighted by Gasteiger charge is 2.24. The number of hydrogen-bond donors (Lipinski definition) is 1. The number of rotatable bonds is 4. The molecule has 1 amide bonds. The van der Waals surface area contributed by atoms with Crippen LogP contribution in [0.25, 0.3) is 0 Å². The van der Waals surface area contributed by atoms with Crippen molar-refractivity contribution in [1.82, 2.24) is 19.9 Å². The number of aromatic nitrogens is 3. The van der Waals surface area contributed by atoms with E-state index in [1.165, 1.54) is 6.08 Å². The third kappa shape index (κ3) is 4.21. The van der Waals surface area contributed by atoms with Crippen molar-refractivity contribution in [2.24, 2.45) is 0 Å². The second-order valence-corrected chi connectivity index (χ2v) is 6.40. The Kier molecular flexibility index (Phi) is 5.07. The minimum atomic E-state index is -0.00467. The molecule has 0 aliphatic carbocycles. The number of carbonyl (C=O) groups is 1. The Morgan fingerprint density at radius 3 is 2.72 bits per heavy atom. The summed E-state index contributed by atoms with van der Waals surface area (Å²) < 4.78 is 0. The van der Waals surface area contributed by atoms with Crippen molar-refractivity contribution in [3.8, 4) is 0 Å². The summed E-state index contributed by atoms with van der Waals surface area (Å²) in [6.07, 6.45) is 5.21. The third-order valence-corrected chi connectivity index (χ3v) is 4.35. The molecule has 1 fully saturated rings. The molecule has 1 aliphatic heterocycles. The summed E-state index contributed by atoms with van der Waals surface area (Å²) in [7, 11) is 0. The van der Waals surface area contributed by atoms with Gasteiger partial charge in [0.2, 0.25) is 11.9 Å². The van der Waals surface area contributed by atoms with Crippen LogP contribution in [-0.4, -0.2) is 38.8 Å². The number of pyridine rings is 1. The zero-order valence-electron chi connectivity index (χ0n) is 14.7. The Hall–Kier alpha value is -2.76. The van der Waals surface area contributed by atoms with Crippen molar-refractivity contribution >= 4 is 17.5 Å². The number of nitrogens with zero attached hydrogens (tertiary/aromatic N) is 4. The Balaban J connectivity index is 1.69. The number of carbonyl (C=O) groups excluding carboxylic acids is 1. The van der Waals surface area contributed by atoms with Gasteiger partial charge in [0.1, 0.15) is 0 Å². The van der Waals surface area contributed by atoms with Gasteiger partial charge in [-0.1, -0.05) is 6.58 Å². The van der Waals surface area contributed by atoms with E-state index < -0.39 is 0 Å². The number of piperidine rings is 1. The Labute approximate surface area is 148 Å². The van der Waals surface area contributed by atoms with Crippen LogP contribution in [0, 0.1) is 13.8 Å². The molecule has 2 aromatic heterocycles. The number of hydrogen-bond acceptors (Lipinski definition) is 5. The molecule has 0 radical (unpaired) electrons. The molecule has 0 spiro atoms. The molecule has 6 heteroatoms. The van der Waals surface area contributed by atoms with Gasteiger partial charge in [0.05, 0.1) is 11.9 Å². The average Bonchev–Trinajstić information content (AvgIpc) is 2.61. The highest BCUT2D eigenvalue weighted by molar-refractivity contribution is 5.87. The van der Waals surface area contributed by atoms with Crippen LogP contribution >= 0.6 is 0 Å². The number of anilines is 2. The van der Waals surface area contributed by atoms with E-state index in [4.69, 9.17) is 0 Å². The SMILES string of the molecule is C=CC(=O)N1CCC[C@H](c2ccc(Nc3nc(C)cc(C)n3)cn2)C1. The first-order valence-corrected chi connectivity index (χ1v) is 8.52. The van der Waals surface area contributed by atoms with Crippen LogP contribution in [0.15, 0.2) is 37.1 Å². The molecule has 1 atom stereocenters. The van der Waals surface area contributed by atoms with Gasteiger partial charge in [-0.05, 0) is 51.0 Å². The first kappa shape index (κ1) is 17.1. The van der Waals surface area contributed by atoms with Crippen LogP contribution in [0.2, 0.25) is 0 Å². The zero-order valence-corrected chi connectivity index (χ0v) is 14.7. The van der Waals surface area contributed by atoms with Crippen molar-refractivity contribution in [3.63, 3.8) is 0 Å². The van der Waals surface area contributed by atoms with E-state index in [2.05, 4.69) is 26.8 Å². The quantitative estimate of drug-likeness (QED) is 0.868. The highest BCUT2D eigenvalue weighted by Crippen LogP contribution is 2.26. The summed E-state index contributed by atoms with van der Waals surface area (Å²) in [6, 6.07) is 5.93. The normalized spacial score (nSPS) is 17.2. The van der Waals surface area contributed by atoms with Gasteiger partial charge < -0.3 is 10.2 Å². The number of amides is 1. The molecule has 0 unspecified atom stereocenters. The van der Waals surface area contributed by atoms with Crippen LogP contribution in [-0.2, 0) is 4.79 Å². The van der Waals surface area contributed by atoms with Gasteiger partial charge in [0.25, 0.3) is 0 Å². The Morgan fingerprint density at radius 1 is 1.32 bits per heavy atom. The van der Waals surface area contributed by atoms with Crippen molar-refractivity contribution < 1.29 is 4.79 Å². The molecular formula is C19H23N5O. The van der Waals surface area contributed by atoms with E-state index in [0.29, 0.717) is 12.5 Å². The molecule has 3 heterocycles. The van der Waals surface area contributed by atoms with Crippen LogP contribution in [0.5, 0.6) is 0 Å². The van der Waals surface area contributed by atoms with E-state index in [1.807, 2.05) is 36.9 Å². The molecule has 0 bridgehead atoms. The van der Waals surface area contributed by atoms with E-state index in [9.17, 15) is 4.79 Å². The maximum absolute atomic E-state index is 11.8.